The molecule has 2 rings (SSSR count). The van der Waals surface area contributed by atoms with E-state index in [0.29, 0.717) is 0 Å². The number of ether oxygens (including phenoxy) is 1. The van der Waals surface area contributed by atoms with E-state index in [1.165, 1.54) is 0 Å². The Labute approximate surface area is 103 Å². The molecule has 0 amide bonds. The summed E-state index contributed by atoms with van der Waals surface area (Å²) in [7, 11) is 0. The highest BCUT2D eigenvalue weighted by Crippen LogP contribution is 2.21. The molecule has 0 N–H and O–H groups in total. The van der Waals surface area contributed by atoms with E-state index < -0.39 is 0 Å². The van der Waals surface area contributed by atoms with Crippen molar-refractivity contribution in [2.75, 3.05) is 31.2 Å². The molecule has 5 heteroatoms. The van der Waals surface area contributed by atoms with Crippen molar-refractivity contribution < 1.29 is 9.53 Å². The monoisotopic (exact) mass is 284 g/mol. The second-order valence-electron chi connectivity index (χ2n) is 3.59. The summed E-state index contributed by atoms with van der Waals surface area (Å²) in [4.78, 5) is 16.9. The van der Waals surface area contributed by atoms with E-state index in [1.807, 2.05) is 12.1 Å². The molecule has 0 aliphatic carbocycles. The number of anilines is 1. The number of alkyl halides is 1. The van der Waals surface area contributed by atoms with Crippen LogP contribution >= 0.6 is 15.9 Å². The fourth-order valence-corrected chi connectivity index (χ4v) is 1.89. The molecular formula is C11H13BrN2O2. The van der Waals surface area contributed by atoms with E-state index in [4.69, 9.17) is 4.74 Å². The summed E-state index contributed by atoms with van der Waals surface area (Å²) in [5.41, 5.74) is 0.881. The van der Waals surface area contributed by atoms with Crippen molar-refractivity contribution in [2.45, 2.75) is 4.83 Å². The first-order valence-electron chi connectivity index (χ1n) is 5.19. The molecule has 1 aromatic rings. The van der Waals surface area contributed by atoms with E-state index in [0.717, 1.165) is 44.0 Å². The molecule has 0 radical (unpaired) electrons. The number of rotatable bonds is 3. The van der Waals surface area contributed by atoms with Gasteiger partial charge in [0, 0.05) is 19.3 Å². The quantitative estimate of drug-likeness (QED) is 0.624. The topological polar surface area (TPSA) is 42.4 Å². The van der Waals surface area contributed by atoms with Crippen LogP contribution in [-0.4, -0.2) is 37.6 Å². The highest BCUT2D eigenvalue weighted by atomic mass is 79.9. The molecule has 1 aliphatic heterocycles. The van der Waals surface area contributed by atoms with Crippen molar-refractivity contribution in [3.63, 3.8) is 0 Å². The van der Waals surface area contributed by atoms with E-state index in [9.17, 15) is 4.79 Å². The largest absolute Gasteiger partial charge is 0.378 e. The van der Waals surface area contributed by atoms with Gasteiger partial charge in [-0.15, -0.1) is 0 Å². The smallest absolute Gasteiger partial charge is 0.138 e. The van der Waals surface area contributed by atoms with Gasteiger partial charge in [-0.2, -0.15) is 0 Å². The third-order valence-corrected chi connectivity index (χ3v) is 3.29. The number of carbonyl (C=O) groups excluding carboxylic acids is 1. The predicted molar refractivity (Wildman–Crippen MR) is 65.0 cm³/mol. The van der Waals surface area contributed by atoms with Gasteiger partial charge in [0.1, 0.15) is 12.1 Å². The molecule has 0 bridgehead atoms. The number of hydrogen-bond acceptors (Lipinski definition) is 4. The van der Waals surface area contributed by atoms with Crippen LogP contribution in [0.25, 0.3) is 0 Å². The number of aldehydes is 1. The highest BCUT2D eigenvalue weighted by Gasteiger charge is 2.13. The average molecular weight is 285 g/mol. The first kappa shape index (κ1) is 11.5. The zero-order chi connectivity index (χ0) is 11.4. The van der Waals surface area contributed by atoms with Gasteiger partial charge >= 0.3 is 0 Å². The Balaban J connectivity index is 2.08. The lowest BCUT2D eigenvalue weighted by atomic mass is 10.2. The summed E-state index contributed by atoms with van der Waals surface area (Å²) >= 11 is 3.26. The van der Waals surface area contributed by atoms with Gasteiger partial charge in [-0.1, -0.05) is 22.0 Å². The van der Waals surface area contributed by atoms with Crippen molar-refractivity contribution in [1.82, 2.24) is 4.98 Å². The summed E-state index contributed by atoms with van der Waals surface area (Å²) in [5.74, 6) is 0.942. The van der Waals surface area contributed by atoms with Gasteiger partial charge in [0.2, 0.25) is 0 Å². The fourth-order valence-electron chi connectivity index (χ4n) is 1.62. The fraction of sp³-hybridized carbons (Fsp3) is 0.455. The third kappa shape index (κ3) is 2.59. The lowest BCUT2D eigenvalue weighted by Crippen LogP contribution is -2.36. The average Bonchev–Trinajstić information content (AvgIpc) is 2.39. The predicted octanol–water partition coefficient (Wildman–Crippen LogP) is 1.55. The Bertz CT molecular complexity index is 350. The number of nitrogens with zero attached hydrogens (tertiary/aromatic N) is 2. The van der Waals surface area contributed by atoms with Gasteiger partial charge in [-0.05, 0) is 11.6 Å². The maximum atomic E-state index is 10.6. The number of morpholine rings is 1. The molecule has 1 aliphatic rings. The van der Waals surface area contributed by atoms with Crippen LogP contribution in [0, 0.1) is 0 Å². The zero-order valence-electron chi connectivity index (χ0n) is 8.80. The summed E-state index contributed by atoms with van der Waals surface area (Å²) in [5, 5.41) is 0. The van der Waals surface area contributed by atoms with Crippen LogP contribution in [0.5, 0.6) is 0 Å². The Morgan fingerprint density at radius 1 is 1.44 bits per heavy atom. The lowest BCUT2D eigenvalue weighted by Gasteiger charge is -2.27. The Morgan fingerprint density at radius 2 is 2.19 bits per heavy atom. The summed E-state index contributed by atoms with van der Waals surface area (Å²) in [6.45, 7) is 3.24. The minimum Gasteiger partial charge on any atom is -0.378 e. The van der Waals surface area contributed by atoms with Crippen molar-refractivity contribution in [3.05, 3.63) is 23.9 Å². The van der Waals surface area contributed by atoms with Gasteiger partial charge in [0.25, 0.3) is 0 Å². The number of hydrogen-bond donors (Lipinski definition) is 0. The molecule has 1 fully saturated rings. The summed E-state index contributed by atoms with van der Waals surface area (Å²) in [6, 6.07) is 3.87. The summed E-state index contributed by atoms with van der Waals surface area (Å²) in [6.07, 6.45) is 2.59. The van der Waals surface area contributed by atoms with Crippen LogP contribution in [-0.2, 0) is 9.53 Å². The Kier molecular flexibility index (Phi) is 3.90. The first-order valence-corrected chi connectivity index (χ1v) is 6.11. The van der Waals surface area contributed by atoms with E-state index in [1.54, 1.807) is 6.20 Å². The maximum Gasteiger partial charge on any atom is 0.138 e. The molecule has 1 atom stereocenters. The van der Waals surface area contributed by atoms with Crippen LogP contribution < -0.4 is 4.90 Å². The van der Waals surface area contributed by atoms with Crippen LogP contribution in [0.15, 0.2) is 18.3 Å². The number of aromatic nitrogens is 1. The van der Waals surface area contributed by atoms with E-state index >= 15 is 0 Å². The van der Waals surface area contributed by atoms with Crippen LogP contribution in [0.3, 0.4) is 0 Å². The molecule has 0 aromatic carbocycles. The molecular weight excluding hydrogens is 272 g/mol. The highest BCUT2D eigenvalue weighted by molar-refractivity contribution is 9.09. The van der Waals surface area contributed by atoms with Crippen LogP contribution in [0.4, 0.5) is 5.82 Å². The van der Waals surface area contributed by atoms with Gasteiger partial charge in [-0.25, -0.2) is 4.98 Å². The molecule has 0 saturated carbocycles. The maximum absolute atomic E-state index is 10.6. The second kappa shape index (κ2) is 5.41. The van der Waals surface area contributed by atoms with E-state index in [2.05, 4.69) is 25.8 Å². The van der Waals surface area contributed by atoms with Crippen molar-refractivity contribution in [3.8, 4) is 0 Å². The van der Waals surface area contributed by atoms with Crippen molar-refractivity contribution in [1.29, 1.82) is 0 Å². The van der Waals surface area contributed by atoms with Crippen LogP contribution in [0.2, 0.25) is 0 Å². The Morgan fingerprint density at radius 3 is 2.75 bits per heavy atom. The van der Waals surface area contributed by atoms with Crippen molar-refractivity contribution >= 4 is 28.0 Å². The number of carbonyl (C=O) groups is 1. The molecule has 16 heavy (non-hydrogen) atoms. The Hall–Kier alpha value is -0.940. The van der Waals surface area contributed by atoms with Gasteiger partial charge < -0.3 is 14.4 Å². The molecule has 0 spiro atoms. The van der Waals surface area contributed by atoms with E-state index in [-0.39, 0.29) is 4.83 Å². The molecule has 1 aromatic heterocycles. The zero-order valence-corrected chi connectivity index (χ0v) is 10.4. The normalized spacial score (nSPS) is 18.2. The number of pyridine rings is 1. The SMILES string of the molecule is O=CC(Br)c1ccc(N2CCOCC2)nc1. The summed E-state index contributed by atoms with van der Waals surface area (Å²) < 4.78 is 5.28. The molecule has 86 valence electrons. The molecule has 4 nitrogen and oxygen atoms in total. The molecule has 2 heterocycles. The van der Waals surface area contributed by atoms with Gasteiger partial charge in [0.05, 0.1) is 18.0 Å². The van der Waals surface area contributed by atoms with Gasteiger partial charge in [-0.3, -0.25) is 0 Å². The molecule has 1 unspecified atom stereocenters. The minimum absolute atomic E-state index is 0.265. The minimum atomic E-state index is -0.265. The van der Waals surface area contributed by atoms with Crippen LogP contribution in [0.1, 0.15) is 10.4 Å². The standard InChI is InChI=1S/C11H13BrN2O2/c12-10(8-15)9-1-2-11(13-7-9)14-3-5-16-6-4-14/h1-2,7-8,10H,3-6H2. The lowest BCUT2D eigenvalue weighted by molar-refractivity contribution is -0.107. The third-order valence-electron chi connectivity index (χ3n) is 2.54. The number of halogens is 1. The second-order valence-corrected chi connectivity index (χ2v) is 4.57. The molecule has 1 saturated heterocycles. The first-order chi connectivity index (χ1) is 7.81. The van der Waals surface area contributed by atoms with Gasteiger partial charge in [0.15, 0.2) is 0 Å². The van der Waals surface area contributed by atoms with Crippen molar-refractivity contribution in [2.24, 2.45) is 0 Å².